The largest absolute Gasteiger partial charge is 0.381 e. The number of hydrogen-bond donors (Lipinski definition) is 0. The fourth-order valence-electron chi connectivity index (χ4n) is 5.71. The van der Waals surface area contributed by atoms with E-state index >= 15 is 4.39 Å². The molecule has 0 spiro atoms. The molecule has 0 unspecified atom stereocenters. The zero-order valence-corrected chi connectivity index (χ0v) is 18.8. The van der Waals surface area contributed by atoms with E-state index in [0.717, 1.165) is 50.4 Å². The summed E-state index contributed by atoms with van der Waals surface area (Å²) < 4.78 is 48.0. The van der Waals surface area contributed by atoms with E-state index in [1.807, 2.05) is 0 Å². The third-order valence-corrected chi connectivity index (χ3v) is 7.82. The minimum absolute atomic E-state index is 0.0289. The predicted molar refractivity (Wildman–Crippen MR) is 117 cm³/mol. The van der Waals surface area contributed by atoms with Crippen molar-refractivity contribution in [3.05, 3.63) is 34.6 Å². The third kappa shape index (κ3) is 6.02. The van der Waals surface area contributed by atoms with Gasteiger partial charge in [-0.1, -0.05) is 64.0 Å². The van der Waals surface area contributed by atoms with Crippen molar-refractivity contribution in [3.63, 3.8) is 0 Å². The van der Waals surface area contributed by atoms with Crippen molar-refractivity contribution in [1.29, 1.82) is 0 Å². The number of aryl methyl sites for hydroxylation is 1. The molecule has 0 aliphatic heterocycles. The van der Waals surface area contributed by atoms with E-state index in [9.17, 15) is 8.78 Å². The first kappa shape index (κ1) is 23.6. The van der Waals surface area contributed by atoms with Crippen molar-refractivity contribution in [2.45, 2.75) is 109 Å². The number of methoxy groups -OCH3 is 1. The molecule has 30 heavy (non-hydrogen) atoms. The van der Waals surface area contributed by atoms with Gasteiger partial charge in [0.2, 0.25) is 0 Å². The molecule has 170 valence electrons. The predicted octanol–water partition coefficient (Wildman–Crippen LogP) is 8.37. The first-order valence-corrected chi connectivity index (χ1v) is 12.2. The Labute approximate surface area is 180 Å². The molecule has 0 atom stereocenters. The maximum atomic E-state index is 15.1. The third-order valence-electron chi connectivity index (χ3n) is 7.82. The van der Waals surface area contributed by atoms with Gasteiger partial charge in [-0.3, -0.25) is 0 Å². The Morgan fingerprint density at radius 3 is 2.20 bits per heavy atom. The molecular weight excluding hydrogens is 385 g/mol. The van der Waals surface area contributed by atoms with Crippen LogP contribution in [-0.4, -0.2) is 13.2 Å². The van der Waals surface area contributed by atoms with Crippen LogP contribution in [-0.2, 0) is 11.2 Å². The van der Waals surface area contributed by atoms with Crippen molar-refractivity contribution in [2.24, 2.45) is 11.8 Å². The molecule has 1 aromatic carbocycles. The number of hydrogen-bond acceptors (Lipinski definition) is 1. The molecule has 0 bridgehead atoms. The molecule has 0 heterocycles. The summed E-state index contributed by atoms with van der Waals surface area (Å²) >= 11 is 0. The van der Waals surface area contributed by atoms with Gasteiger partial charge < -0.3 is 4.74 Å². The molecule has 0 amide bonds. The molecule has 0 radical (unpaired) electrons. The highest BCUT2D eigenvalue weighted by Crippen LogP contribution is 2.39. The van der Waals surface area contributed by atoms with Crippen LogP contribution < -0.4 is 0 Å². The number of ether oxygens (including phenoxy) is 1. The van der Waals surface area contributed by atoms with Crippen LogP contribution in [0.1, 0.15) is 113 Å². The summed E-state index contributed by atoms with van der Waals surface area (Å²) in [5.74, 6) is 1.08. The zero-order chi connectivity index (χ0) is 21.5. The van der Waals surface area contributed by atoms with E-state index in [2.05, 4.69) is 6.92 Å². The molecule has 4 heteroatoms. The van der Waals surface area contributed by atoms with Crippen LogP contribution in [0.2, 0.25) is 0 Å². The van der Waals surface area contributed by atoms with Gasteiger partial charge in [0.25, 0.3) is 6.43 Å². The quantitative estimate of drug-likeness (QED) is 0.362. The van der Waals surface area contributed by atoms with E-state index in [1.165, 1.54) is 38.5 Å². The average Bonchev–Trinajstić information content (AvgIpc) is 2.77. The molecule has 1 aromatic rings. The van der Waals surface area contributed by atoms with Gasteiger partial charge in [0.1, 0.15) is 5.82 Å². The highest BCUT2D eigenvalue weighted by Gasteiger charge is 2.28. The molecule has 0 saturated heterocycles. The number of halogens is 3. The van der Waals surface area contributed by atoms with E-state index in [1.54, 1.807) is 19.2 Å². The van der Waals surface area contributed by atoms with Gasteiger partial charge >= 0.3 is 0 Å². The lowest BCUT2D eigenvalue weighted by Gasteiger charge is -2.29. The Hall–Kier alpha value is -1.03. The summed E-state index contributed by atoms with van der Waals surface area (Å²) in [5, 5.41) is 0. The fourth-order valence-corrected chi connectivity index (χ4v) is 5.71. The first-order valence-electron chi connectivity index (χ1n) is 12.2. The molecule has 2 saturated carbocycles. The molecule has 1 nitrogen and oxygen atoms in total. The Kier molecular flexibility index (Phi) is 9.10. The van der Waals surface area contributed by atoms with Gasteiger partial charge in [0.05, 0.1) is 11.7 Å². The number of rotatable bonds is 9. The minimum Gasteiger partial charge on any atom is -0.381 e. The Bertz CT molecular complexity index is 644. The van der Waals surface area contributed by atoms with E-state index in [-0.39, 0.29) is 17.6 Å². The maximum Gasteiger partial charge on any atom is 0.266 e. The zero-order valence-electron chi connectivity index (χ0n) is 18.8. The Balaban J connectivity index is 1.55. The molecule has 3 rings (SSSR count). The van der Waals surface area contributed by atoms with Crippen LogP contribution in [0.4, 0.5) is 13.2 Å². The van der Waals surface area contributed by atoms with Crippen LogP contribution in [0, 0.1) is 17.7 Å². The van der Waals surface area contributed by atoms with Crippen LogP contribution in [0.15, 0.2) is 12.1 Å². The van der Waals surface area contributed by atoms with Crippen LogP contribution in [0.3, 0.4) is 0 Å². The lowest BCUT2D eigenvalue weighted by Crippen LogP contribution is -2.20. The highest BCUT2D eigenvalue weighted by molar-refractivity contribution is 5.37. The highest BCUT2D eigenvalue weighted by atomic mass is 19.3. The smallest absolute Gasteiger partial charge is 0.266 e. The molecule has 2 fully saturated rings. The average molecular weight is 425 g/mol. The second-order valence-corrected chi connectivity index (χ2v) is 9.59. The van der Waals surface area contributed by atoms with Gasteiger partial charge in [-0.15, -0.1) is 0 Å². The van der Waals surface area contributed by atoms with Crippen LogP contribution >= 0.6 is 0 Å². The van der Waals surface area contributed by atoms with Crippen LogP contribution in [0.5, 0.6) is 0 Å². The van der Waals surface area contributed by atoms with Gasteiger partial charge in [-0.25, -0.2) is 13.2 Å². The molecular formula is C26H39F3O. The minimum atomic E-state index is -2.75. The maximum absolute atomic E-state index is 15.1. The van der Waals surface area contributed by atoms with Gasteiger partial charge in [-0.2, -0.15) is 0 Å². The lowest BCUT2D eigenvalue weighted by atomic mass is 9.78. The second-order valence-electron chi connectivity index (χ2n) is 9.59. The second kappa shape index (κ2) is 11.5. The topological polar surface area (TPSA) is 9.23 Å². The summed E-state index contributed by atoms with van der Waals surface area (Å²) in [6.07, 6.45) is 11.1. The normalized spacial score (nSPS) is 27.5. The van der Waals surface area contributed by atoms with E-state index < -0.39 is 12.2 Å². The summed E-state index contributed by atoms with van der Waals surface area (Å²) in [6.45, 7) is 2.28. The fraction of sp³-hybridized carbons (Fsp3) is 0.769. The van der Waals surface area contributed by atoms with E-state index in [0.29, 0.717) is 17.5 Å². The van der Waals surface area contributed by atoms with Crippen molar-refractivity contribution < 1.29 is 17.9 Å². The molecule has 0 aromatic heterocycles. The first-order chi connectivity index (χ1) is 14.5. The van der Waals surface area contributed by atoms with E-state index in [4.69, 9.17) is 4.74 Å². The standard InChI is InChI=1S/C26H39F3O/c1-3-18-8-10-19(11-9-18)6-4-5-7-21-14-17-23(25(27)24(21)26(28)29)20-12-15-22(30-2)16-13-20/h14,17-20,22,26H,3-13,15-16H2,1-2H3. The van der Waals surface area contributed by atoms with Crippen molar-refractivity contribution in [2.75, 3.05) is 7.11 Å². The van der Waals surface area contributed by atoms with Gasteiger partial charge in [-0.05, 0) is 67.4 Å². The van der Waals surface area contributed by atoms with Crippen molar-refractivity contribution in [3.8, 4) is 0 Å². The molecule has 2 aliphatic carbocycles. The number of alkyl halides is 2. The number of benzene rings is 1. The van der Waals surface area contributed by atoms with Crippen molar-refractivity contribution >= 4 is 0 Å². The summed E-state index contributed by atoms with van der Waals surface area (Å²) in [7, 11) is 1.70. The molecule has 2 aliphatic rings. The summed E-state index contributed by atoms with van der Waals surface area (Å²) in [6, 6.07) is 3.55. The summed E-state index contributed by atoms with van der Waals surface area (Å²) in [5.41, 5.74) is 0.646. The number of unbranched alkanes of at least 4 members (excludes halogenated alkanes) is 1. The summed E-state index contributed by atoms with van der Waals surface area (Å²) in [4.78, 5) is 0. The lowest BCUT2D eigenvalue weighted by molar-refractivity contribution is 0.0654. The monoisotopic (exact) mass is 424 g/mol. The Morgan fingerprint density at radius 1 is 0.933 bits per heavy atom. The van der Waals surface area contributed by atoms with Crippen LogP contribution in [0.25, 0.3) is 0 Å². The Morgan fingerprint density at radius 2 is 1.60 bits per heavy atom. The van der Waals surface area contributed by atoms with Gasteiger partial charge in [0, 0.05) is 7.11 Å². The van der Waals surface area contributed by atoms with Gasteiger partial charge in [0.15, 0.2) is 0 Å². The van der Waals surface area contributed by atoms with Crippen molar-refractivity contribution in [1.82, 2.24) is 0 Å². The molecule has 0 N–H and O–H groups in total. The SMILES string of the molecule is CCC1CCC(CCCCc2ccc(C3CCC(OC)CC3)c(F)c2C(F)F)CC1.